The minimum atomic E-state index is -1.81. The maximum atomic E-state index is 13.2. The molecule has 16 nitrogen and oxygen atoms in total. The van der Waals surface area contributed by atoms with Crippen molar-refractivity contribution in [2.75, 3.05) is 18.1 Å². The highest BCUT2D eigenvalue weighted by Crippen LogP contribution is 2.41. The summed E-state index contributed by atoms with van der Waals surface area (Å²) >= 11 is 5.07. The van der Waals surface area contributed by atoms with Gasteiger partial charge in [0.05, 0.1) is 10.0 Å². The van der Waals surface area contributed by atoms with Gasteiger partial charge < -0.3 is 41.1 Å². The zero-order valence-electron chi connectivity index (χ0n) is 22.1. The van der Waals surface area contributed by atoms with Crippen molar-refractivity contribution >= 4 is 79.6 Å². The number of aromatic hydroxyl groups is 2. The molecule has 4 rings (SSSR count). The van der Waals surface area contributed by atoms with E-state index in [1.165, 1.54) is 25.3 Å². The number of thioether (sulfide) groups is 1. The predicted octanol–water partition coefficient (Wildman–Crippen LogP) is 1.08. The zero-order chi connectivity index (χ0) is 31.8. The number of anilines is 1. The lowest BCUT2D eigenvalue weighted by atomic mass is 10.0. The second-order valence-electron chi connectivity index (χ2n) is 9.44. The monoisotopic (exact) mass is 699 g/mol. The second-order valence-corrected chi connectivity index (χ2v) is 12.3. The van der Waals surface area contributed by atoms with Gasteiger partial charge in [-0.1, -0.05) is 5.16 Å². The number of β-lactam (4-membered cyclic amide) rings is 1. The van der Waals surface area contributed by atoms with Gasteiger partial charge in [-0.05, 0) is 41.9 Å². The summed E-state index contributed by atoms with van der Waals surface area (Å²) in [6.45, 7) is 1.91. The number of carbonyl (C=O) groups excluding carboxylic acids is 3. The van der Waals surface area contributed by atoms with E-state index in [0.717, 1.165) is 34.1 Å². The molecule has 1 aromatic heterocycles. The SMILES string of the molecule is CC(C)(O/N=C(\C(=O)N[C@@H]1C(=O)N2C(C(=O)O)=C(COC(=O)c3cc(O)c(O)c(Br)c3)CS[C@H]12)c1csc(N)n1)C(=O)O. The number of nitrogens with two attached hydrogens (primary N) is 1. The highest BCUT2D eigenvalue weighted by Gasteiger charge is 2.54. The molecule has 1 fully saturated rings. The molecular formula is C24H22BrN5O11S2. The first kappa shape index (κ1) is 31.6. The molecule has 0 unspecified atom stereocenters. The lowest BCUT2D eigenvalue weighted by Crippen LogP contribution is -2.71. The van der Waals surface area contributed by atoms with Gasteiger partial charge in [0.25, 0.3) is 11.8 Å². The second kappa shape index (κ2) is 12.1. The summed E-state index contributed by atoms with van der Waals surface area (Å²) in [5.41, 5.74) is 2.91. The van der Waals surface area contributed by atoms with Gasteiger partial charge in [-0.2, -0.15) is 0 Å². The Balaban J connectivity index is 1.50. The predicted molar refractivity (Wildman–Crippen MR) is 153 cm³/mol. The van der Waals surface area contributed by atoms with Gasteiger partial charge in [0, 0.05) is 16.7 Å². The van der Waals surface area contributed by atoms with Crippen molar-refractivity contribution in [1.82, 2.24) is 15.2 Å². The molecule has 0 spiro atoms. The molecule has 7 N–H and O–H groups in total. The molecule has 43 heavy (non-hydrogen) atoms. The van der Waals surface area contributed by atoms with Crippen molar-refractivity contribution in [2.45, 2.75) is 30.9 Å². The Labute approximate surface area is 258 Å². The Morgan fingerprint density at radius 1 is 1.26 bits per heavy atom. The summed E-state index contributed by atoms with van der Waals surface area (Å²) in [6, 6.07) is 0.979. The number of benzene rings is 1. The van der Waals surface area contributed by atoms with Crippen LogP contribution in [0.3, 0.4) is 0 Å². The molecule has 1 aromatic carbocycles. The number of nitrogens with zero attached hydrogens (tertiary/aromatic N) is 3. The summed E-state index contributed by atoms with van der Waals surface area (Å²) in [4.78, 5) is 72.3. The number of rotatable bonds is 10. The number of esters is 1. The largest absolute Gasteiger partial charge is 0.504 e. The number of nitrogens with one attached hydrogen (secondary N) is 1. The molecule has 0 aliphatic carbocycles. The van der Waals surface area contributed by atoms with Gasteiger partial charge in [0.15, 0.2) is 22.3 Å². The van der Waals surface area contributed by atoms with Gasteiger partial charge in [0.2, 0.25) is 5.60 Å². The summed E-state index contributed by atoms with van der Waals surface area (Å²) in [5.74, 6) is -6.53. The van der Waals surface area contributed by atoms with Crippen molar-refractivity contribution in [1.29, 1.82) is 0 Å². The van der Waals surface area contributed by atoms with E-state index in [2.05, 4.69) is 31.4 Å². The molecule has 2 aliphatic heterocycles. The number of phenols is 2. The number of carboxylic acids is 2. The maximum Gasteiger partial charge on any atom is 0.352 e. The first-order valence-corrected chi connectivity index (χ1v) is 14.6. The van der Waals surface area contributed by atoms with Crippen molar-refractivity contribution in [3.05, 3.63) is 44.5 Å². The highest BCUT2D eigenvalue weighted by atomic mass is 79.9. The number of phenolic OH excluding ortho intramolecular Hbond substituents is 2. The minimum Gasteiger partial charge on any atom is -0.504 e. The van der Waals surface area contributed by atoms with Crippen molar-refractivity contribution in [3.63, 3.8) is 0 Å². The van der Waals surface area contributed by atoms with E-state index in [1.54, 1.807) is 0 Å². The van der Waals surface area contributed by atoms with Crippen LogP contribution in [0.25, 0.3) is 0 Å². The first-order valence-electron chi connectivity index (χ1n) is 11.9. The molecule has 0 radical (unpaired) electrons. The average molecular weight is 701 g/mol. The number of aromatic nitrogens is 1. The number of aliphatic carboxylic acids is 2. The Kier molecular flexibility index (Phi) is 8.88. The molecule has 3 heterocycles. The van der Waals surface area contributed by atoms with Gasteiger partial charge in [0.1, 0.15) is 29.4 Å². The number of amides is 2. The standard InChI is InChI=1S/C24H22BrN5O11S2/c1-24(2,22(38)39)41-29-13(11-7-43-23(26)27-11)17(33)28-14-18(34)30-15(20(35)36)9(6-42-19(14)30)5-40-21(37)8-3-10(25)16(32)12(31)4-8/h3-4,7,14,19,31-32H,5-6H2,1-2H3,(H2,26,27)(H,28,33)(H,35,36)(H,38,39)/b29-13-/t14-,19-/m1/s1. The lowest BCUT2D eigenvalue weighted by Gasteiger charge is -2.49. The van der Waals surface area contributed by atoms with E-state index in [4.69, 9.17) is 15.3 Å². The molecule has 2 aromatic rings. The van der Waals surface area contributed by atoms with E-state index in [0.29, 0.717) is 0 Å². The Morgan fingerprint density at radius 2 is 1.95 bits per heavy atom. The molecule has 2 amide bonds. The molecule has 0 saturated carbocycles. The number of oxime groups is 1. The fraction of sp³-hybridized carbons (Fsp3) is 0.292. The Hall–Kier alpha value is -4.36. The molecule has 1 saturated heterocycles. The maximum absolute atomic E-state index is 13.2. The fourth-order valence-electron chi connectivity index (χ4n) is 3.74. The third kappa shape index (κ3) is 6.37. The number of hydrogen-bond donors (Lipinski definition) is 6. The number of carbonyl (C=O) groups is 5. The topological polar surface area (TPSA) is 251 Å². The molecule has 2 aliphatic rings. The third-order valence-corrected chi connectivity index (χ3v) is 8.67. The van der Waals surface area contributed by atoms with Crippen LogP contribution in [0.5, 0.6) is 11.5 Å². The minimum absolute atomic E-state index is 0.0136. The van der Waals surface area contributed by atoms with Crippen LogP contribution in [-0.4, -0.2) is 95.1 Å². The van der Waals surface area contributed by atoms with Crippen molar-refractivity contribution in [3.8, 4) is 11.5 Å². The average Bonchev–Trinajstić information content (AvgIpc) is 3.37. The van der Waals surface area contributed by atoms with Crippen LogP contribution < -0.4 is 11.1 Å². The summed E-state index contributed by atoms with van der Waals surface area (Å²) in [6.07, 6.45) is 0. The van der Waals surface area contributed by atoms with E-state index in [-0.39, 0.29) is 32.2 Å². The first-order chi connectivity index (χ1) is 20.1. The summed E-state index contributed by atoms with van der Waals surface area (Å²) in [7, 11) is 0. The number of nitrogen functional groups attached to an aromatic ring is 1. The van der Waals surface area contributed by atoms with Crippen LogP contribution in [0, 0.1) is 0 Å². The molecular weight excluding hydrogens is 678 g/mol. The molecule has 2 atom stereocenters. The smallest absolute Gasteiger partial charge is 0.352 e. The van der Waals surface area contributed by atoms with Crippen LogP contribution in [0.2, 0.25) is 0 Å². The van der Waals surface area contributed by atoms with E-state index in [1.807, 2.05) is 0 Å². The summed E-state index contributed by atoms with van der Waals surface area (Å²) in [5, 5.41) is 45.3. The molecule has 19 heteroatoms. The Morgan fingerprint density at radius 3 is 2.53 bits per heavy atom. The van der Waals surface area contributed by atoms with Gasteiger partial charge in [-0.3, -0.25) is 14.5 Å². The summed E-state index contributed by atoms with van der Waals surface area (Å²) < 4.78 is 5.23. The van der Waals surface area contributed by atoms with Crippen LogP contribution in [0.4, 0.5) is 5.13 Å². The van der Waals surface area contributed by atoms with Crippen molar-refractivity contribution < 1.29 is 54.0 Å². The number of halogens is 1. The van der Waals surface area contributed by atoms with Crippen LogP contribution in [0.15, 0.2) is 38.4 Å². The van der Waals surface area contributed by atoms with Crippen LogP contribution in [-0.2, 0) is 28.8 Å². The number of hydrogen-bond acceptors (Lipinski definition) is 14. The number of ether oxygens (including phenoxy) is 1. The van der Waals surface area contributed by atoms with E-state index in [9.17, 15) is 44.4 Å². The van der Waals surface area contributed by atoms with E-state index >= 15 is 0 Å². The quantitative estimate of drug-likeness (QED) is 0.0667. The Bertz CT molecular complexity index is 1580. The zero-order valence-corrected chi connectivity index (χ0v) is 25.3. The number of carboxylic acid groups (broad SMARTS) is 2. The highest BCUT2D eigenvalue weighted by molar-refractivity contribution is 9.10. The molecule has 228 valence electrons. The third-order valence-electron chi connectivity index (χ3n) is 6.05. The number of thiazole rings is 1. The van der Waals surface area contributed by atoms with Crippen molar-refractivity contribution in [2.24, 2.45) is 5.16 Å². The molecule has 0 bridgehead atoms. The van der Waals surface area contributed by atoms with Gasteiger partial charge in [-0.25, -0.2) is 19.4 Å². The van der Waals surface area contributed by atoms with Gasteiger partial charge >= 0.3 is 17.9 Å². The van der Waals surface area contributed by atoms with Crippen LogP contribution >= 0.6 is 39.0 Å². The van der Waals surface area contributed by atoms with Crippen LogP contribution in [0.1, 0.15) is 29.9 Å². The fourth-order valence-corrected chi connectivity index (χ4v) is 6.07. The lowest BCUT2D eigenvalue weighted by molar-refractivity contribution is -0.161. The number of fused-ring (bicyclic) bond motifs is 1. The van der Waals surface area contributed by atoms with E-state index < -0.39 is 76.3 Å². The van der Waals surface area contributed by atoms with Gasteiger partial charge in [-0.15, -0.1) is 23.1 Å². The normalized spacial score (nSPS) is 18.4.